The number of hydrogen-bond donors (Lipinski definition) is 3. The molecule has 1 aromatic heterocycles. The molecular weight excluding hydrogens is 490 g/mol. The Kier molecular flexibility index (Phi) is 5.89. The average Bonchev–Trinajstić information content (AvgIpc) is 3.08. The molecule has 2 aliphatic rings. The Morgan fingerprint density at radius 1 is 1.08 bits per heavy atom. The minimum Gasteiger partial charge on any atom is -0.457 e. The molecule has 0 atom stereocenters. The molecule has 0 unspecified atom stereocenters. The number of benzene rings is 2. The van der Waals surface area contributed by atoms with Gasteiger partial charge in [0.15, 0.2) is 0 Å². The zero-order chi connectivity index (χ0) is 27.4. The van der Waals surface area contributed by atoms with Crippen molar-refractivity contribution >= 4 is 23.5 Å². The average molecular weight is 520 g/mol. The summed E-state index contributed by atoms with van der Waals surface area (Å²) in [6.45, 7) is 8.71. The Morgan fingerprint density at radius 2 is 1.76 bits per heavy atom. The molecule has 3 N–H and O–H groups in total. The summed E-state index contributed by atoms with van der Waals surface area (Å²) in [6, 6.07) is 8.97. The van der Waals surface area contributed by atoms with Crippen molar-refractivity contribution in [2.24, 2.45) is 0 Å². The Morgan fingerprint density at radius 3 is 2.37 bits per heavy atom. The molecule has 0 bridgehead atoms. The number of aromatic nitrogens is 3. The number of fused-ring (bicyclic) bond motifs is 2. The first-order chi connectivity index (χ1) is 17.9. The topological polar surface area (TPSA) is 144 Å². The van der Waals surface area contributed by atoms with Crippen LogP contribution in [0.4, 0.5) is 16.3 Å². The number of rotatable bonds is 4. The van der Waals surface area contributed by atoms with Crippen LogP contribution in [0.5, 0.6) is 11.5 Å². The van der Waals surface area contributed by atoms with Gasteiger partial charge in [-0.15, -0.1) is 5.10 Å². The molecule has 1 spiro atoms. The Hall–Kier alpha value is -4.41. The number of aromatic amines is 1. The third-order valence-corrected chi connectivity index (χ3v) is 6.75. The van der Waals surface area contributed by atoms with E-state index in [2.05, 4.69) is 20.7 Å². The first-order valence-electron chi connectivity index (χ1n) is 12.4. The second-order valence-corrected chi connectivity index (χ2v) is 10.8. The van der Waals surface area contributed by atoms with Crippen molar-refractivity contribution in [1.82, 2.24) is 14.8 Å². The summed E-state index contributed by atoms with van der Waals surface area (Å²) in [6.07, 6.45) is 1.80. The van der Waals surface area contributed by atoms with Gasteiger partial charge in [0.25, 0.3) is 5.56 Å². The Balaban J connectivity index is 1.44. The SMILES string of the molecule is Cc1cc(-n2nc(NC(=O)OC(C)(C)C)c(=O)[nH]c2=O)cc(C)c1Oc1ccc2c(c1)C1(CCC1)C(=O)N2. The summed E-state index contributed by atoms with van der Waals surface area (Å²) in [4.78, 5) is 51.7. The van der Waals surface area contributed by atoms with Crippen LogP contribution < -0.4 is 26.6 Å². The van der Waals surface area contributed by atoms with Crippen molar-refractivity contribution in [3.63, 3.8) is 0 Å². The number of aryl methyl sites for hydroxylation is 2. The lowest BCUT2D eigenvalue weighted by molar-refractivity contribution is -0.123. The van der Waals surface area contributed by atoms with Gasteiger partial charge < -0.3 is 14.8 Å². The molecule has 1 fully saturated rings. The molecule has 2 aromatic carbocycles. The van der Waals surface area contributed by atoms with Gasteiger partial charge in [-0.2, -0.15) is 4.68 Å². The normalized spacial score (nSPS) is 15.4. The van der Waals surface area contributed by atoms with Crippen molar-refractivity contribution in [2.75, 3.05) is 10.6 Å². The lowest BCUT2D eigenvalue weighted by Gasteiger charge is -2.36. The second-order valence-electron chi connectivity index (χ2n) is 10.8. The minimum atomic E-state index is -0.869. The van der Waals surface area contributed by atoms with Gasteiger partial charge >= 0.3 is 11.8 Å². The first kappa shape index (κ1) is 25.2. The van der Waals surface area contributed by atoms with Crippen molar-refractivity contribution in [2.45, 2.75) is 64.9 Å². The van der Waals surface area contributed by atoms with E-state index in [4.69, 9.17) is 9.47 Å². The zero-order valence-corrected chi connectivity index (χ0v) is 21.9. The molecule has 1 saturated carbocycles. The Bertz CT molecular complexity index is 1570. The predicted molar refractivity (Wildman–Crippen MR) is 140 cm³/mol. The van der Waals surface area contributed by atoms with E-state index in [1.54, 1.807) is 32.9 Å². The zero-order valence-electron chi connectivity index (χ0n) is 21.9. The number of ether oxygens (including phenoxy) is 2. The van der Waals surface area contributed by atoms with Crippen molar-refractivity contribution < 1.29 is 19.1 Å². The summed E-state index contributed by atoms with van der Waals surface area (Å²) in [7, 11) is 0. The van der Waals surface area contributed by atoms with Crippen LogP contribution in [0.25, 0.3) is 5.69 Å². The third kappa shape index (κ3) is 4.44. The van der Waals surface area contributed by atoms with E-state index in [0.29, 0.717) is 17.2 Å². The van der Waals surface area contributed by atoms with Crippen molar-refractivity contribution in [3.8, 4) is 17.2 Å². The smallest absolute Gasteiger partial charge is 0.413 e. The Labute approximate surface area is 218 Å². The van der Waals surface area contributed by atoms with E-state index >= 15 is 0 Å². The van der Waals surface area contributed by atoms with Gasteiger partial charge in [0, 0.05) is 5.69 Å². The fourth-order valence-corrected chi connectivity index (χ4v) is 4.87. The molecule has 2 heterocycles. The molecule has 11 heteroatoms. The van der Waals surface area contributed by atoms with Gasteiger partial charge in [0.2, 0.25) is 11.7 Å². The number of hydrogen-bond acceptors (Lipinski definition) is 7. The van der Waals surface area contributed by atoms with E-state index in [1.165, 1.54) is 0 Å². The second kappa shape index (κ2) is 8.86. The van der Waals surface area contributed by atoms with Crippen LogP contribution in [0.2, 0.25) is 0 Å². The largest absolute Gasteiger partial charge is 0.457 e. The van der Waals surface area contributed by atoms with Gasteiger partial charge in [0.05, 0.1) is 11.1 Å². The predicted octanol–water partition coefficient (Wildman–Crippen LogP) is 4.05. The first-order valence-corrected chi connectivity index (χ1v) is 12.4. The van der Waals surface area contributed by atoms with Gasteiger partial charge in [-0.1, -0.05) is 6.42 Å². The molecule has 38 heavy (non-hydrogen) atoms. The number of anilines is 2. The van der Waals surface area contributed by atoms with Gasteiger partial charge in [-0.3, -0.25) is 19.9 Å². The molecule has 1 aliphatic carbocycles. The highest BCUT2D eigenvalue weighted by atomic mass is 16.6. The monoisotopic (exact) mass is 519 g/mol. The van der Waals surface area contributed by atoms with Crippen LogP contribution >= 0.6 is 0 Å². The molecule has 1 aliphatic heterocycles. The van der Waals surface area contributed by atoms with Crippen molar-refractivity contribution in [1.29, 1.82) is 0 Å². The number of amides is 2. The number of nitrogens with zero attached hydrogens (tertiary/aromatic N) is 2. The quantitative estimate of drug-likeness (QED) is 0.472. The van der Waals surface area contributed by atoms with Crippen LogP contribution in [-0.4, -0.2) is 32.4 Å². The lowest BCUT2D eigenvalue weighted by atomic mass is 9.65. The fraction of sp³-hybridized carbons (Fsp3) is 0.370. The number of nitrogens with one attached hydrogen (secondary N) is 3. The fourth-order valence-electron chi connectivity index (χ4n) is 4.87. The number of carbonyl (C=O) groups is 2. The maximum atomic E-state index is 12.6. The van der Waals surface area contributed by atoms with Gasteiger partial charge in [-0.25, -0.2) is 9.59 Å². The minimum absolute atomic E-state index is 0.0481. The molecular formula is C27H29N5O6. The maximum absolute atomic E-state index is 12.6. The maximum Gasteiger partial charge on any atom is 0.413 e. The van der Waals surface area contributed by atoms with Crippen molar-refractivity contribution in [3.05, 3.63) is 67.9 Å². The highest BCUT2D eigenvalue weighted by Gasteiger charge is 2.51. The van der Waals surface area contributed by atoms with Gasteiger partial charge in [0.1, 0.15) is 17.1 Å². The number of carbonyl (C=O) groups excluding carboxylic acids is 2. The molecule has 2 amide bonds. The van der Waals surface area contributed by atoms with Crippen LogP contribution in [-0.2, 0) is 14.9 Å². The van der Waals surface area contributed by atoms with E-state index in [-0.39, 0.29) is 11.7 Å². The molecule has 198 valence electrons. The van der Waals surface area contributed by atoms with Crippen LogP contribution in [0, 0.1) is 13.8 Å². The lowest BCUT2D eigenvalue weighted by Crippen LogP contribution is -2.40. The summed E-state index contributed by atoms with van der Waals surface area (Å²) in [5, 5.41) is 9.32. The summed E-state index contributed by atoms with van der Waals surface area (Å²) in [5.74, 6) is 0.875. The van der Waals surface area contributed by atoms with E-state index in [0.717, 1.165) is 46.3 Å². The molecule has 5 rings (SSSR count). The standard InChI is InChI=1S/C27H29N5O6/c1-14-11-16(32-24(35)30-22(33)21(31-32)29-25(36)38-26(3,4)5)12-15(2)20(14)37-17-7-8-19-18(13-17)27(9-6-10-27)23(34)28-19/h7-8,11-13H,6,9-10H2,1-5H3,(H,28,34)(H,29,31,36)(H,30,33,35). The highest BCUT2D eigenvalue weighted by molar-refractivity contribution is 6.07. The highest BCUT2D eigenvalue weighted by Crippen LogP contribution is 2.52. The van der Waals surface area contributed by atoms with E-state index < -0.39 is 28.4 Å². The number of H-pyrrole nitrogens is 1. The molecule has 0 radical (unpaired) electrons. The van der Waals surface area contributed by atoms with Crippen LogP contribution in [0.1, 0.15) is 56.7 Å². The molecule has 3 aromatic rings. The van der Waals surface area contributed by atoms with Gasteiger partial charge in [-0.05, 0) is 94.5 Å². The van der Waals surface area contributed by atoms with E-state index in [9.17, 15) is 19.2 Å². The van der Waals surface area contributed by atoms with Crippen LogP contribution in [0.3, 0.4) is 0 Å². The molecule has 11 nitrogen and oxygen atoms in total. The summed E-state index contributed by atoms with van der Waals surface area (Å²) >= 11 is 0. The summed E-state index contributed by atoms with van der Waals surface area (Å²) < 4.78 is 12.4. The molecule has 0 saturated heterocycles. The summed E-state index contributed by atoms with van der Waals surface area (Å²) in [5.41, 5.74) is 0.751. The van der Waals surface area contributed by atoms with Crippen LogP contribution in [0.15, 0.2) is 39.9 Å². The third-order valence-electron chi connectivity index (χ3n) is 6.75. The van der Waals surface area contributed by atoms with E-state index in [1.807, 2.05) is 32.0 Å².